The zero-order valence-corrected chi connectivity index (χ0v) is 19.3. The standard InChI is InChI=1S/6C2H4O2.Al.Ce/c6*1-2(3)4;;/h6*1H3,(H,3,4);;/q;;;;;;2*+3/p-6. The molecule has 0 saturated heterocycles. The largest absolute Gasteiger partial charge is 3.00 e. The van der Waals surface area contributed by atoms with Crippen molar-refractivity contribution in [2.75, 3.05) is 0 Å². The summed E-state index contributed by atoms with van der Waals surface area (Å²) >= 11 is 0. The van der Waals surface area contributed by atoms with Crippen LogP contribution >= 0.6 is 0 Å². The second-order valence-electron chi connectivity index (χ2n) is 2.95. The monoisotopic (exact) mass is 521 g/mol. The number of rotatable bonds is 0. The van der Waals surface area contributed by atoms with Gasteiger partial charge in [-0.25, -0.2) is 0 Å². The molecule has 0 unspecified atom stereocenters. The summed E-state index contributed by atoms with van der Waals surface area (Å²) < 4.78 is 0. The average Bonchev–Trinajstić information content (AvgIpc) is 2.08. The summed E-state index contributed by atoms with van der Waals surface area (Å²) in [4.78, 5) is 53.3. The minimum Gasteiger partial charge on any atom is -0.550 e. The van der Waals surface area contributed by atoms with E-state index in [1.807, 2.05) is 0 Å². The van der Waals surface area contributed by atoms with Gasteiger partial charge in [0.1, 0.15) is 0 Å². The molecule has 0 saturated carbocycles. The number of hydrogen-bond donors (Lipinski definition) is 0. The molecule has 0 aliphatic carbocycles. The zero-order valence-electron chi connectivity index (χ0n) is 15.0. The second kappa shape index (κ2) is 43.8. The van der Waals surface area contributed by atoms with E-state index in [1.165, 1.54) is 0 Å². The van der Waals surface area contributed by atoms with Crippen LogP contribution in [0.5, 0.6) is 0 Å². The average molecular weight is 521 g/mol. The molecule has 14 heteroatoms. The minimum absolute atomic E-state index is 0. The quantitative estimate of drug-likeness (QED) is 0.270. The van der Waals surface area contributed by atoms with E-state index in [0.29, 0.717) is 0 Å². The van der Waals surface area contributed by atoms with E-state index in [0.717, 1.165) is 41.5 Å². The van der Waals surface area contributed by atoms with E-state index in [4.69, 9.17) is 59.4 Å². The van der Waals surface area contributed by atoms with Gasteiger partial charge in [-0.15, -0.1) is 0 Å². The van der Waals surface area contributed by atoms with E-state index in [9.17, 15) is 0 Å². The number of hydrogen-bond acceptors (Lipinski definition) is 12. The molecule has 0 fully saturated rings. The Morgan fingerprint density at radius 1 is 0.385 bits per heavy atom. The summed E-state index contributed by atoms with van der Waals surface area (Å²) in [6.07, 6.45) is 0. The Labute approximate surface area is 194 Å². The summed E-state index contributed by atoms with van der Waals surface area (Å²) in [5.41, 5.74) is 0. The number of carboxylic acid groups (broad SMARTS) is 6. The predicted octanol–water partition coefficient (Wildman–Crippen LogP) is -7.84. The predicted molar refractivity (Wildman–Crippen MR) is 69.8 cm³/mol. The van der Waals surface area contributed by atoms with E-state index >= 15 is 0 Å². The van der Waals surface area contributed by atoms with Crippen molar-refractivity contribution in [2.24, 2.45) is 0 Å². The summed E-state index contributed by atoms with van der Waals surface area (Å²) in [6.45, 7) is 5.83. The summed E-state index contributed by atoms with van der Waals surface area (Å²) in [6, 6.07) is 0. The molecule has 0 aromatic carbocycles. The fraction of sp³-hybridized carbons (Fsp3) is 0.500. The maximum absolute atomic E-state index is 8.89. The molecule has 0 aliphatic rings. The Morgan fingerprint density at radius 3 is 0.385 bits per heavy atom. The Morgan fingerprint density at radius 2 is 0.385 bits per heavy atom. The van der Waals surface area contributed by atoms with E-state index in [2.05, 4.69) is 0 Å². The Kier molecular flexibility index (Phi) is 83.8. The van der Waals surface area contributed by atoms with Gasteiger partial charge in [0, 0.05) is 35.8 Å². The van der Waals surface area contributed by atoms with Crippen molar-refractivity contribution < 1.29 is 101 Å². The van der Waals surface area contributed by atoms with Crippen molar-refractivity contribution in [2.45, 2.75) is 41.5 Å². The van der Waals surface area contributed by atoms with Crippen LogP contribution in [-0.2, 0) is 28.8 Å². The molecule has 0 aliphatic heterocycles. The Hall–Kier alpha value is -1.27. The van der Waals surface area contributed by atoms with Crippen LogP contribution in [0.1, 0.15) is 41.5 Å². The van der Waals surface area contributed by atoms with Crippen LogP contribution in [0.3, 0.4) is 0 Å². The maximum atomic E-state index is 8.89. The minimum atomic E-state index is -1.08. The molecule has 0 rings (SSSR count). The summed E-state index contributed by atoms with van der Waals surface area (Å²) in [5, 5.41) is 53.3. The SMILES string of the molecule is CC(=O)[O-].CC(=O)[O-].CC(=O)[O-].CC(=O)[O-].CC(=O)[O-].CC(=O)[O-].[Al+3].[Ce+3]. The molecule has 0 heterocycles. The van der Waals surface area contributed by atoms with E-state index in [1.54, 1.807) is 0 Å². The van der Waals surface area contributed by atoms with Gasteiger partial charge in [0.15, 0.2) is 0 Å². The molecule has 0 atom stereocenters. The van der Waals surface area contributed by atoms with Gasteiger partial charge in [-0.3, -0.25) is 0 Å². The molecule has 0 aromatic heterocycles. The zero-order chi connectivity index (χ0) is 21.5. The van der Waals surface area contributed by atoms with Crippen LogP contribution in [0.4, 0.5) is 0 Å². The van der Waals surface area contributed by atoms with E-state index in [-0.39, 0.29) is 59.1 Å². The fourth-order valence-electron chi connectivity index (χ4n) is 0. The topological polar surface area (TPSA) is 241 Å². The molecule has 0 amide bonds. The van der Waals surface area contributed by atoms with Crippen molar-refractivity contribution in [3.63, 3.8) is 0 Å². The summed E-state index contributed by atoms with van der Waals surface area (Å²) in [5.74, 6) is -6.50. The van der Waals surface area contributed by atoms with Crippen LogP contribution in [-0.4, -0.2) is 53.2 Å². The first-order valence-corrected chi connectivity index (χ1v) is 5.45. The normalized spacial score (nSPS) is 5.77. The second-order valence-corrected chi connectivity index (χ2v) is 2.95. The van der Waals surface area contributed by atoms with Crippen molar-refractivity contribution in [3.05, 3.63) is 0 Å². The van der Waals surface area contributed by atoms with Gasteiger partial charge >= 0.3 is 59.1 Å². The molecule has 12 nitrogen and oxygen atoms in total. The molecule has 1 radical (unpaired) electrons. The number of aliphatic carboxylic acids is 6. The Bertz CT molecular complexity index is 267. The van der Waals surface area contributed by atoms with Gasteiger partial charge in [-0.1, -0.05) is 0 Å². The molecule has 145 valence electrons. The van der Waals surface area contributed by atoms with Crippen molar-refractivity contribution in [3.8, 4) is 0 Å². The summed E-state index contributed by atoms with van der Waals surface area (Å²) in [7, 11) is 0. The third-order valence-electron chi connectivity index (χ3n) is 0. The van der Waals surface area contributed by atoms with Gasteiger partial charge < -0.3 is 59.4 Å². The van der Waals surface area contributed by atoms with Crippen LogP contribution in [0, 0.1) is 41.7 Å². The molecular formula is C12H18AlCeO12. The fourth-order valence-corrected chi connectivity index (χ4v) is 0. The van der Waals surface area contributed by atoms with Crippen molar-refractivity contribution >= 4 is 53.2 Å². The molecule has 0 spiro atoms. The van der Waals surface area contributed by atoms with E-state index < -0.39 is 35.8 Å². The first kappa shape index (κ1) is 49.8. The smallest absolute Gasteiger partial charge is 0.550 e. The number of carbonyl (C=O) groups is 6. The number of carboxylic acids is 6. The number of carbonyl (C=O) groups excluding carboxylic acids is 6. The van der Waals surface area contributed by atoms with Crippen LogP contribution in [0.2, 0.25) is 0 Å². The third kappa shape index (κ3) is 6640. The Balaban J connectivity index is -0.0000000245. The molecule has 26 heavy (non-hydrogen) atoms. The van der Waals surface area contributed by atoms with Gasteiger partial charge in [0.05, 0.1) is 0 Å². The molecule has 0 bridgehead atoms. The third-order valence-corrected chi connectivity index (χ3v) is 0. The molecule has 0 aromatic rings. The van der Waals surface area contributed by atoms with Gasteiger partial charge in [-0.05, 0) is 41.5 Å². The first-order chi connectivity index (χ1) is 10.4. The maximum Gasteiger partial charge on any atom is 3.00 e. The molecular weight excluding hydrogens is 503 g/mol. The molecule has 0 N–H and O–H groups in total. The van der Waals surface area contributed by atoms with Crippen LogP contribution in [0.15, 0.2) is 0 Å². The van der Waals surface area contributed by atoms with Crippen LogP contribution in [0.25, 0.3) is 0 Å². The van der Waals surface area contributed by atoms with Crippen molar-refractivity contribution in [1.29, 1.82) is 0 Å². The van der Waals surface area contributed by atoms with Crippen molar-refractivity contribution in [1.82, 2.24) is 0 Å². The van der Waals surface area contributed by atoms with Gasteiger partial charge in [-0.2, -0.15) is 0 Å². The van der Waals surface area contributed by atoms with Gasteiger partial charge in [0.25, 0.3) is 0 Å². The van der Waals surface area contributed by atoms with Gasteiger partial charge in [0.2, 0.25) is 0 Å². The van der Waals surface area contributed by atoms with Crippen LogP contribution < -0.4 is 30.6 Å². The first-order valence-electron chi connectivity index (χ1n) is 5.45.